The second-order valence-electron chi connectivity index (χ2n) is 5.22. The number of rotatable bonds is 4. The quantitative estimate of drug-likeness (QED) is 0.859. The van der Waals surface area contributed by atoms with Crippen molar-refractivity contribution in [3.8, 4) is 5.75 Å². The molecule has 1 aromatic heterocycles. The number of sulfonamides is 1. The summed E-state index contributed by atoms with van der Waals surface area (Å²) in [6, 6.07) is 5.76. The first kappa shape index (κ1) is 15.1. The molecule has 0 amide bonds. The van der Waals surface area contributed by atoms with Crippen LogP contribution in [-0.2, 0) is 29.5 Å². The smallest absolute Gasteiger partial charge is 0.246 e. The van der Waals surface area contributed by atoms with Gasteiger partial charge >= 0.3 is 0 Å². The molecule has 118 valence electrons. The molecule has 0 radical (unpaired) electrons. The third kappa shape index (κ3) is 2.50. The number of ether oxygens (including phenoxy) is 1. The molecule has 0 aliphatic carbocycles. The van der Waals surface area contributed by atoms with Crippen molar-refractivity contribution in [3.63, 3.8) is 0 Å². The number of fused-ring (bicyclic) bond motifs is 1. The van der Waals surface area contributed by atoms with E-state index in [0.717, 1.165) is 16.9 Å². The lowest BCUT2D eigenvalue weighted by Gasteiger charge is -2.28. The Morgan fingerprint density at radius 1 is 1.36 bits per heavy atom. The summed E-state index contributed by atoms with van der Waals surface area (Å²) in [5.41, 5.74) is 2.10. The number of nitrogens with zero attached hydrogens (tertiary/aromatic N) is 3. The van der Waals surface area contributed by atoms with Crippen LogP contribution < -0.4 is 4.74 Å². The van der Waals surface area contributed by atoms with Crippen LogP contribution in [0, 0.1) is 0 Å². The lowest BCUT2D eigenvalue weighted by atomic mass is 10.0. The van der Waals surface area contributed by atoms with E-state index in [-0.39, 0.29) is 4.90 Å². The summed E-state index contributed by atoms with van der Waals surface area (Å²) in [7, 11) is -1.87. The third-order valence-corrected chi connectivity index (χ3v) is 5.78. The second-order valence-corrected chi connectivity index (χ2v) is 7.16. The highest BCUT2D eigenvalue weighted by atomic mass is 32.2. The molecule has 3 rings (SSSR count). The monoisotopic (exact) mass is 321 g/mol. The van der Waals surface area contributed by atoms with Crippen molar-refractivity contribution >= 4 is 10.0 Å². The highest BCUT2D eigenvalue weighted by Gasteiger charge is 2.30. The Hall–Kier alpha value is -1.86. The molecule has 0 N–H and O–H groups in total. The maximum absolute atomic E-state index is 12.7. The molecule has 1 aliphatic rings. The molecule has 2 heterocycles. The Morgan fingerprint density at radius 3 is 2.86 bits per heavy atom. The van der Waals surface area contributed by atoms with E-state index in [1.807, 2.05) is 25.1 Å². The number of benzene rings is 1. The van der Waals surface area contributed by atoms with Crippen LogP contribution in [0.4, 0.5) is 0 Å². The average Bonchev–Trinajstić information content (AvgIpc) is 3.03. The molecule has 2 aromatic rings. The van der Waals surface area contributed by atoms with Gasteiger partial charge in [-0.1, -0.05) is 12.1 Å². The number of methoxy groups -OCH3 is 1. The molecule has 1 aliphatic heterocycles. The van der Waals surface area contributed by atoms with Crippen molar-refractivity contribution in [2.45, 2.75) is 31.3 Å². The number of hydrogen-bond donors (Lipinski definition) is 0. The van der Waals surface area contributed by atoms with Gasteiger partial charge < -0.3 is 4.74 Å². The molecule has 6 nitrogen and oxygen atoms in total. The van der Waals surface area contributed by atoms with Gasteiger partial charge in [0.25, 0.3) is 0 Å². The van der Waals surface area contributed by atoms with Crippen LogP contribution in [0.1, 0.15) is 18.1 Å². The molecule has 0 saturated carbocycles. The minimum Gasteiger partial charge on any atom is -0.496 e. The van der Waals surface area contributed by atoms with Gasteiger partial charge in [-0.15, -0.1) is 0 Å². The first-order chi connectivity index (χ1) is 10.6. The van der Waals surface area contributed by atoms with Gasteiger partial charge in [0.15, 0.2) is 0 Å². The van der Waals surface area contributed by atoms with Crippen LogP contribution in [-0.4, -0.2) is 36.2 Å². The topological polar surface area (TPSA) is 64.4 Å². The summed E-state index contributed by atoms with van der Waals surface area (Å²) in [6.45, 7) is 3.39. The molecule has 1 aromatic carbocycles. The Kier molecular flexibility index (Phi) is 3.92. The van der Waals surface area contributed by atoms with Crippen LogP contribution >= 0.6 is 0 Å². The fraction of sp³-hybridized carbons (Fsp3) is 0.400. The molecular weight excluding hydrogens is 302 g/mol. The molecule has 0 unspecified atom stereocenters. The minimum absolute atomic E-state index is 0.251. The Morgan fingerprint density at radius 2 is 2.18 bits per heavy atom. The number of hydrogen-bond acceptors (Lipinski definition) is 4. The van der Waals surface area contributed by atoms with E-state index in [2.05, 4.69) is 5.10 Å². The second kappa shape index (κ2) is 5.73. The van der Waals surface area contributed by atoms with E-state index in [9.17, 15) is 8.42 Å². The first-order valence-electron chi connectivity index (χ1n) is 7.23. The van der Waals surface area contributed by atoms with Gasteiger partial charge in [-0.3, -0.25) is 4.68 Å². The SMILES string of the molecule is CCn1cc(S(=O)(=O)N2CCc3c(cccc3OC)C2)cn1. The summed E-state index contributed by atoms with van der Waals surface area (Å²) in [4.78, 5) is 0.251. The molecule has 0 saturated heterocycles. The summed E-state index contributed by atoms with van der Waals surface area (Å²) in [5, 5.41) is 4.06. The standard InChI is InChI=1S/C15H19N3O3S/c1-3-17-11-13(9-16-17)22(19,20)18-8-7-14-12(10-18)5-4-6-15(14)21-2/h4-6,9,11H,3,7-8,10H2,1-2H3. The number of aryl methyl sites for hydroxylation is 1. The van der Waals surface area contributed by atoms with E-state index in [4.69, 9.17) is 4.74 Å². The Bertz CT molecular complexity index is 783. The summed E-state index contributed by atoms with van der Waals surface area (Å²) < 4.78 is 33.9. The molecule has 0 fully saturated rings. The van der Waals surface area contributed by atoms with Crippen LogP contribution in [0.15, 0.2) is 35.5 Å². The average molecular weight is 321 g/mol. The van der Waals surface area contributed by atoms with Crippen molar-refractivity contribution in [2.75, 3.05) is 13.7 Å². The highest BCUT2D eigenvalue weighted by Crippen LogP contribution is 2.30. The van der Waals surface area contributed by atoms with E-state index in [0.29, 0.717) is 26.1 Å². The minimum atomic E-state index is -3.50. The Balaban J connectivity index is 1.90. The number of aromatic nitrogens is 2. The van der Waals surface area contributed by atoms with Crippen molar-refractivity contribution in [2.24, 2.45) is 0 Å². The van der Waals surface area contributed by atoms with Gasteiger partial charge in [-0.2, -0.15) is 9.40 Å². The van der Waals surface area contributed by atoms with Crippen molar-refractivity contribution in [1.29, 1.82) is 0 Å². The van der Waals surface area contributed by atoms with Gasteiger partial charge in [0, 0.05) is 25.8 Å². The first-order valence-corrected chi connectivity index (χ1v) is 8.67. The largest absolute Gasteiger partial charge is 0.496 e. The summed E-state index contributed by atoms with van der Waals surface area (Å²) in [5.74, 6) is 0.827. The zero-order valence-corrected chi connectivity index (χ0v) is 13.5. The molecule has 22 heavy (non-hydrogen) atoms. The lowest BCUT2D eigenvalue weighted by molar-refractivity contribution is 0.371. The van der Waals surface area contributed by atoms with Gasteiger partial charge in [-0.05, 0) is 30.5 Å². The van der Waals surface area contributed by atoms with Crippen LogP contribution in [0.5, 0.6) is 5.75 Å². The fourth-order valence-corrected chi connectivity index (χ4v) is 4.12. The zero-order valence-electron chi connectivity index (χ0n) is 12.7. The van der Waals surface area contributed by atoms with Gasteiger partial charge in [0.1, 0.15) is 10.6 Å². The third-order valence-electron chi connectivity index (χ3n) is 3.98. The van der Waals surface area contributed by atoms with E-state index in [1.165, 1.54) is 10.5 Å². The molecular formula is C15H19N3O3S. The fourth-order valence-electron chi connectivity index (χ4n) is 2.74. The van der Waals surface area contributed by atoms with E-state index < -0.39 is 10.0 Å². The maximum Gasteiger partial charge on any atom is 0.246 e. The summed E-state index contributed by atoms with van der Waals surface area (Å²) in [6.07, 6.45) is 3.65. The zero-order chi connectivity index (χ0) is 15.7. The van der Waals surface area contributed by atoms with Crippen LogP contribution in [0.2, 0.25) is 0 Å². The van der Waals surface area contributed by atoms with Crippen LogP contribution in [0.3, 0.4) is 0 Å². The van der Waals surface area contributed by atoms with Gasteiger partial charge in [-0.25, -0.2) is 8.42 Å². The molecule has 0 spiro atoms. The van der Waals surface area contributed by atoms with Crippen LogP contribution in [0.25, 0.3) is 0 Å². The van der Waals surface area contributed by atoms with E-state index >= 15 is 0 Å². The molecule has 7 heteroatoms. The lowest BCUT2D eigenvalue weighted by Crippen LogP contribution is -2.36. The maximum atomic E-state index is 12.7. The van der Waals surface area contributed by atoms with Crippen molar-refractivity contribution < 1.29 is 13.2 Å². The van der Waals surface area contributed by atoms with Gasteiger partial charge in [0.2, 0.25) is 10.0 Å². The normalized spacial score (nSPS) is 15.5. The highest BCUT2D eigenvalue weighted by molar-refractivity contribution is 7.89. The predicted molar refractivity (Wildman–Crippen MR) is 82.2 cm³/mol. The summed E-state index contributed by atoms with van der Waals surface area (Å²) >= 11 is 0. The van der Waals surface area contributed by atoms with Crippen molar-refractivity contribution in [3.05, 3.63) is 41.7 Å². The van der Waals surface area contributed by atoms with Gasteiger partial charge in [0.05, 0.1) is 13.3 Å². The molecule has 0 bridgehead atoms. The van der Waals surface area contributed by atoms with Crippen molar-refractivity contribution in [1.82, 2.24) is 14.1 Å². The predicted octanol–water partition coefficient (Wildman–Crippen LogP) is 1.66. The van der Waals surface area contributed by atoms with E-state index in [1.54, 1.807) is 18.0 Å². The molecule has 0 atom stereocenters. The Labute approximate surface area is 130 Å².